The summed E-state index contributed by atoms with van der Waals surface area (Å²) in [7, 11) is 3.03. The lowest BCUT2D eigenvalue weighted by Crippen LogP contribution is -2.28. The van der Waals surface area contributed by atoms with E-state index in [0.717, 1.165) is 0 Å². The lowest BCUT2D eigenvalue weighted by atomic mass is 10.1. The van der Waals surface area contributed by atoms with E-state index in [2.05, 4.69) is 15.3 Å². The van der Waals surface area contributed by atoms with Gasteiger partial charge >= 0.3 is 6.01 Å². The number of hydrogen-bond acceptors (Lipinski definition) is 6. The van der Waals surface area contributed by atoms with Gasteiger partial charge < -0.3 is 19.7 Å². The zero-order chi connectivity index (χ0) is 17.8. The van der Waals surface area contributed by atoms with Crippen molar-refractivity contribution < 1.29 is 19.1 Å². The fraction of sp³-hybridized carbons (Fsp3) is 0.294. The predicted octanol–water partition coefficient (Wildman–Crippen LogP) is 1.49. The second-order valence-electron chi connectivity index (χ2n) is 5.55. The van der Waals surface area contributed by atoms with Gasteiger partial charge in [-0.05, 0) is 12.1 Å². The fourth-order valence-corrected chi connectivity index (χ4v) is 2.64. The van der Waals surface area contributed by atoms with Gasteiger partial charge in [-0.15, -0.1) is 0 Å². The number of methoxy groups -OCH3 is 2. The highest BCUT2D eigenvalue weighted by molar-refractivity contribution is 6.03. The molecule has 8 nitrogen and oxygen atoms in total. The molecular weight excluding hydrogens is 324 g/mol. The minimum absolute atomic E-state index is 0.0978. The molecule has 2 amide bonds. The van der Waals surface area contributed by atoms with Crippen LogP contribution in [0.3, 0.4) is 0 Å². The highest BCUT2D eigenvalue weighted by Crippen LogP contribution is 2.28. The molecule has 1 aliphatic heterocycles. The first-order valence-electron chi connectivity index (χ1n) is 7.72. The molecule has 1 unspecified atom stereocenters. The Bertz CT molecular complexity index is 778. The number of aromatic nitrogens is 2. The Morgan fingerprint density at radius 3 is 2.68 bits per heavy atom. The SMILES string of the molecule is COc1cccc(N2CC(C(=O)Nc3cnc(OC)nc3)CC2=O)c1. The maximum Gasteiger partial charge on any atom is 0.316 e. The van der Waals surface area contributed by atoms with Crippen LogP contribution in [0.1, 0.15) is 6.42 Å². The van der Waals surface area contributed by atoms with Crippen LogP contribution in [0.4, 0.5) is 11.4 Å². The average Bonchev–Trinajstić information content (AvgIpc) is 3.04. The van der Waals surface area contributed by atoms with Gasteiger partial charge in [0.05, 0.1) is 38.2 Å². The number of hydrogen-bond donors (Lipinski definition) is 1. The number of rotatable bonds is 5. The van der Waals surface area contributed by atoms with Crippen LogP contribution in [0.2, 0.25) is 0 Å². The summed E-state index contributed by atoms with van der Waals surface area (Å²) in [6.07, 6.45) is 3.07. The van der Waals surface area contributed by atoms with E-state index in [-0.39, 0.29) is 24.2 Å². The van der Waals surface area contributed by atoms with Gasteiger partial charge in [0.15, 0.2) is 0 Å². The molecule has 1 aromatic carbocycles. The van der Waals surface area contributed by atoms with Gasteiger partial charge in [-0.25, -0.2) is 9.97 Å². The Balaban J connectivity index is 1.67. The Morgan fingerprint density at radius 1 is 1.24 bits per heavy atom. The van der Waals surface area contributed by atoms with Crippen molar-refractivity contribution in [3.8, 4) is 11.8 Å². The minimum atomic E-state index is -0.444. The third-order valence-electron chi connectivity index (χ3n) is 3.94. The monoisotopic (exact) mass is 342 g/mol. The van der Waals surface area contributed by atoms with Gasteiger partial charge in [0.25, 0.3) is 0 Å². The van der Waals surface area contributed by atoms with Gasteiger partial charge in [0.2, 0.25) is 11.8 Å². The lowest BCUT2D eigenvalue weighted by Gasteiger charge is -2.17. The molecule has 1 N–H and O–H groups in total. The van der Waals surface area contributed by atoms with Crippen molar-refractivity contribution in [1.29, 1.82) is 0 Å². The van der Waals surface area contributed by atoms with Crippen molar-refractivity contribution in [3.05, 3.63) is 36.7 Å². The van der Waals surface area contributed by atoms with Crippen molar-refractivity contribution in [3.63, 3.8) is 0 Å². The van der Waals surface area contributed by atoms with Gasteiger partial charge in [0.1, 0.15) is 5.75 Å². The number of carbonyl (C=O) groups is 2. The molecule has 0 radical (unpaired) electrons. The van der Waals surface area contributed by atoms with Crippen LogP contribution in [-0.4, -0.2) is 42.5 Å². The summed E-state index contributed by atoms with van der Waals surface area (Å²) in [4.78, 5) is 34.2. The number of nitrogens with one attached hydrogen (secondary N) is 1. The summed E-state index contributed by atoms with van der Waals surface area (Å²) in [6.45, 7) is 0.314. The molecule has 0 spiro atoms. The smallest absolute Gasteiger partial charge is 0.316 e. The largest absolute Gasteiger partial charge is 0.497 e. The predicted molar refractivity (Wildman–Crippen MR) is 90.7 cm³/mol. The van der Waals surface area contributed by atoms with Crippen molar-refractivity contribution >= 4 is 23.2 Å². The van der Waals surface area contributed by atoms with Crippen molar-refractivity contribution in [2.45, 2.75) is 6.42 Å². The van der Waals surface area contributed by atoms with Crippen LogP contribution >= 0.6 is 0 Å². The van der Waals surface area contributed by atoms with Crippen LogP contribution in [0.15, 0.2) is 36.7 Å². The standard InChI is InChI=1S/C17H18N4O4/c1-24-14-5-3-4-13(7-14)21-10-11(6-15(21)22)16(23)20-12-8-18-17(25-2)19-9-12/h3-5,7-9,11H,6,10H2,1-2H3,(H,20,23). The maximum atomic E-state index is 12.4. The van der Waals surface area contributed by atoms with Gasteiger partial charge in [-0.3, -0.25) is 9.59 Å². The summed E-state index contributed by atoms with van der Waals surface area (Å²) in [5.74, 6) is -0.124. The van der Waals surface area contributed by atoms with Gasteiger partial charge in [-0.1, -0.05) is 6.07 Å². The van der Waals surface area contributed by atoms with Crippen LogP contribution in [0.25, 0.3) is 0 Å². The zero-order valence-electron chi connectivity index (χ0n) is 13.9. The molecule has 2 heterocycles. The van der Waals surface area contributed by atoms with Crippen molar-refractivity contribution in [2.24, 2.45) is 5.92 Å². The van der Waals surface area contributed by atoms with Crippen LogP contribution in [0, 0.1) is 5.92 Å². The number of nitrogens with zero attached hydrogens (tertiary/aromatic N) is 3. The highest BCUT2D eigenvalue weighted by atomic mass is 16.5. The Labute approximate surface area is 144 Å². The van der Waals surface area contributed by atoms with E-state index in [9.17, 15) is 9.59 Å². The van der Waals surface area contributed by atoms with E-state index >= 15 is 0 Å². The number of ether oxygens (including phenoxy) is 2. The number of carbonyl (C=O) groups excluding carboxylic acids is 2. The van der Waals surface area contributed by atoms with E-state index in [4.69, 9.17) is 9.47 Å². The summed E-state index contributed by atoms with van der Waals surface area (Å²) in [5.41, 5.74) is 1.17. The molecule has 0 aliphatic carbocycles. The molecule has 0 bridgehead atoms. The molecule has 1 saturated heterocycles. The van der Waals surface area contributed by atoms with E-state index < -0.39 is 5.92 Å². The molecular formula is C17H18N4O4. The number of amides is 2. The van der Waals surface area contributed by atoms with Gasteiger partial charge in [0, 0.05) is 24.7 Å². The average molecular weight is 342 g/mol. The van der Waals surface area contributed by atoms with E-state index in [1.165, 1.54) is 19.5 Å². The first kappa shape index (κ1) is 16.7. The first-order valence-corrected chi connectivity index (χ1v) is 7.72. The Hall–Kier alpha value is -3.16. The number of anilines is 2. The summed E-state index contributed by atoms with van der Waals surface area (Å²) in [6, 6.07) is 7.42. The van der Waals surface area contributed by atoms with Crippen molar-refractivity contribution in [1.82, 2.24) is 9.97 Å². The van der Waals surface area contributed by atoms with Crippen LogP contribution in [0.5, 0.6) is 11.8 Å². The van der Waals surface area contributed by atoms with Crippen molar-refractivity contribution in [2.75, 3.05) is 31.0 Å². The fourth-order valence-electron chi connectivity index (χ4n) is 2.64. The Kier molecular flexibility index (Phi) is 4.78. The maximum absolute atomic E-state index is 12.4. The summed E-state index contributed by atoms with van der Waals surface area (Å²) in [5, 5.41) is 2.73. The third kappa shape index (κ3) is 3.68. The van der Waals surface area contributed by atoms with Gasteiger partial charge in [-0.2, -0.15) is 0 Å². The molecule has 8 heteroatoms. The first-order chi connectivity index (χ1) is 12.1. The molecule has 1 aliphatic rings. The molecule has 1 fully saturated rings. The second kappa shape index (κ2) is 7.16. The molecule has 0 saturated carbocycles. The second-order valence-corrected chi connectivity index (χ2v) is 5.55. The summed E-state index contributed by atoms with van der Waals surface area (Å²) >= 11 is 0. The normalized spacial score (nSPS) is 16.6. The molecule has 25 heavy (non-hydrogen) atoms. The highest BCUT2D eigenvalue weighted by Gasteiger charge is 2.35. The molecule has 130 valence electrons. The molecule has 1 aromatic heterocycles. The third-order valence-corrected chi connectivity index (χ3v) is 3.94. The van der Waals surface area contributed by atoms with E-state index in [0.29, 0.717) is 23.7 Å². The summed E-state index contributed by atoms with van der Waals surface area (Å²) < 4.78 is 10.1. The topological polar surface area (TPSA) is 93.7 Å². The molecule has 3 rings (SSSR count). The lowest BCUT2D eigenvalue weighted by molar-refractivity contribution is -0.122. The van der Waals surface area contributed by atoms with E-state index in [1.54, 1.807) is 24.1 Å². The minimum Gasteiger partial charge on any atom is -0.497 e. The molecule has 2 aromatic rings. The van der Waals surface area contributed by atoms with E-state index in [1.807, 2.05) is 12.1 Å². The number of benzene rings is 1. The Morgan fingerprint density at radius 2 is 2.00 bits per heavy atom. The zero-order valence-corrected chi connectivity index (χ0v) is 13.9. The van der Waals surface area contributed by atoms with Crippen LogP contribution in [-0.2, 0) is 9.59 Å². The quantitative estimate of drug-likeness (QED) is 0.885. The molecule has 1 atom stereocenters. The van der Waals surface area contributed by atoms with Crippen LogP contribution < -0.4 is 19.7 Å².